The molecule has 0 bridgehead atoms. The molecule has 0 radical (unpaired) electrons. The van der Waals surface area contributed by atoms with Crippen LogP contribution in [0.5, 0.6) is 0 Å². The van der Waals surface area contributed by atoms with Gasteiger partial charge in [0.05, 0.1) is 0 Å². The molecule has 1 N–H and O–H groups in total. The molecule has 0 spiro atoms. The van der Waals surface area contributed by atoms with Gasteiger partial charge in [-0.3, -0.25) is 0 Å². The Morgan fingerprint density at radius 2 is 1.80 bits per heavy atom. The minimum absolute atomic E-state index is 0.592. The first-order chi connectivity index (χ1) is 9.63. The number of benzene rings is 1. The van der Waals surface area contributed by atoms with E-state index in [4.69, 9.17) is 4.74 Å². The molecule has 1 unspecified atom stereocenters. The van der Waals surface area contributed by atoms with Gasteiger partial charge in [-0.15, -0.1) is 0 Å². The molecule has 0 fully saturated rings. The number of hydrogen-bond acceptors (Lipinski definition) is 2. The number of hydrogen-bond donors (Lipinski definition) is 1. The average Bonchev–Trinajstić information content (AvgIpc) is 2.42. The van der Waals surface area contributed by atoms with Gasteiger partial charge in [-0.05, 0) is 50.6 Å². The molecule has 1 aromatic rings. The Kier molecular flexibility index (Phi) is 8.56. The maximum atomic E-state index is 5.46. The molecule has 0 amide bonds. The van der Waals surface area contributed by atoms with Gasteiger partial charge in [0.25, 0.3) is 0 Å². The standard InChI is InChI=1S/C18H31NO/c1-5-20-12-6-7-18(14-19-13-15(2)3)17-10-8-16(4)9-11-17/h8-11,15,18-19H,5-7,12-14H2,1-4H3. The molecule has 0 aliphatic rings. The lowest BCUT2D eigenvalue weighted by atomic mass is 9.93. The van der Waals surface area contributed by atoms with Crippen LogP contribution in [-0.4, -0.2) is 26.3 Å². The van der Waals surface area contributed by atoms with E-state index in [1.54, 1.807) is 0 Å². The van der Waals surface area contributed by atoms with Crippen LogP contribution < -0.4 is 5.32 Å². The highest BCUT2D eigenvalue weighted by atomic mass is 16.5. The summed E-state index contributed by atoms with van der Waals surface area (Å²) in [6.07, 6.45) is 2.32. The molecule has 0 aliphatic carbocycles. The summed E-state index contributed by atoms with van der Waals surface area (Å²) in [5, 5.41) is 3.60. The number of nitrogens with one attached hydrogen (secondary N) is 1. The zero-order valence-electron chi connectivity index (χ0n) is 13.6. The van der Waals surface area contributed by atoms with Crippen molar-refractivity contribution in [2.24, 2.45) is 5.92 Å². The molecule has 0 saturated carbocycles. The van der Waals surface area contributed by atoms with Crippen LogP contribution in [0.2, 0.25) is 0 Å². The Bertz CT molecular complexity index is 345. The van der Waals surface area contributed by atoms with Crippen LogP contribution in [0.25, 0.3) is 0 Å². The van der Waals surface area contributed by atoms with Crippen molar-refractivity contribution in [1.82, 2.24) is 5.32 Å². The van der Waals surface area contributed by atoms with Crippen molar-refractivity contribution in [3.05, 3.63) is 35.4 Å². The second-order valence-electron chi connectivity index (χ2n) is 6.00. The van der Waals surface area contributed by atoms with E-state index in [1.807, 2.05) is 0 Å². The summed E-state index contributed by atoms with van der Waals surface area (Å²) in [6, 6.07) is 8.98. The third kappa shape index (κ3) is 7.06. The van der Waals surface area contributed by atoms with Crippen LogP contribution in [0.15, 0.2) is 24.3 Å². The molecular weight excluding hydrogens is 246 g/mol. The SMILES string of the molecule is CCOCCCC(CNCC(C)C)c1ccc(C)cc1. The third-order valence-corrected chi connectivity index (χ3v) is 3.54. The van der Waals surface area contributed by atoms with Gasteiger partial charge in [0.15, 0.2) is 0 Å². The Balaban J connectivity index is 2.51. The fourth-order valence-corrected chi connectivity index (χ4v) is 2.35. The van der Waals surface area contributed by atoms with Crippen LogP contribution in [0.4, 0.5) is 0 Å². The lowest BCUT2D eigenvalue weighted by molar-refractivity contribution is 0.141. The smallest absolute Gasteiger partial charge is 0.0466 e. The van der Waals surface area contributed by atoms with E-state index >= 15 is 0 Å². The molecule has 2 nitrogen and oxygen atoms in total. The molecule has 20 heavy (non-hydrogen) atoms. The number of aryl methyl sites for hydroxylation is 1. The van der Waals surface area contributed by atoms with Gasteiger partial charge in [-0.1, -0.05) is 43.7 Å². The zero-order chi connectivity index (χ0) is 14.8. The fourth-order valence-electron chi connectivity index (χ4n) is 2.35. The monoisotopic (exact) mass is 277 g/mol. The first kappa shape index (κ1) is 17.2. The summed E-state index contributed by atoms with van der Waals surface area (Å²) in [7, 11) is 0. The van der Waals surface area contributed by atoms with Crippen LogP contribution in [0, 0.1) is 12.8 Å². The minimum Gasteiger partial charge on any atom is -0.382 e. The Morgan fingerprint density at radius 3 is 2.40 bits per heavy atom. The second kappa shape index (κ2) is 9.95. The average molecular weight is 277 g/mol. The first-order valence-electron chi connectivity index (χ1n) is 7.98. The summed E-state index contributed by atoms with van der Waals surface area (Å²) in [5.74, 6) is 1.30. The minimum atomic E-state index is 0.592. The van der Waals surface area contributed by atoms with E-state index in [0.29, 0.717) is 11.8 Å². The summed E-state index contributed by atoms with van der Waals surface area (Å²) in [5.41, 5.74) is 2.78. The van der Waals surface area contributed by atoms with E-state index in [-0.39, 0.29) is 0 Å². The van der Waals surface area contributed by atoms with E-state index in [1.165, 1.54) is 17.5 Å². The summed E-state index contributed by atoms with van der Waals surface area (Å²) in [6.45, 7) is 12.6. The van der Waals surface area contributed by atoms with Gasteiger partial charge in [-0.25, -0.2) is 0 Å². The molecule has 1 atom stereocenters. The van der Waals surface area contributed by atoms with Crippen molar-refractivity contribution in [2.45, 2.75) is 46.5 Å². The summed E-state index contributed by atoms with van der Waals surface area (Å²) >= 11 is 0. The maximum Gasteiger partial charge on any atom is 0.0466 e. The highest BCUT2D eigenvalue weighted by Gasteiger charge is 2.11. The molecule has 2 heteroatoms. The number of ether oxygens (including phenoxy) is 1. The van der Waals surface area contributed by atoms with E-state index < -0.39 is 0 Å². The molecule has 0 aliphatic heterocycles. The van der Waals surface area contributed by atoms with Crippen molar-refractivity contribution in [3.63, 3.8) is 0 Å². The molecule has 1 aromatic carbocycles. The van der Waals surface area contributed by atoms with Crippen molar-refractivity contribution in [3.8, 4) is 0 Å². The van der Waals surface area contributed by atoms with Gasteiger partial charge >= 0.3 is 0 Å². The van der Waals surface area contributed by atoms with Gasteiger partial charge in [0, 0.05) is 19.8 Å². The predicted molar refractivity (Wildman–Crippen MR) is 87.4 cm³/mol. The largest absolute Gasteiger partial charge is 0.382 e. The van der Waals surface area contributed by atoms with Crippen molar-refractivity contribution in [2.75, 3.05) is 26.3 Å². The van der Waals surface area contributed by atoms with Crippen LogP contribution >= 0.6 is 0 Å². The van der Waals surface area contributed by atoms with Gasteiger partial charge in [-0.2, -0.15) is 0 Å². The Hall–Kier alpha value is -0.860. The number of rotatable bonds is 10. The fraction of sp³-hybridized carbons (Fsp3) is 0.667. The molecule has 0 aromatic heterocycles. The van der Waals surface area contributed by atoms with Crippen LogP contribution in [0.1, 0.15) is 50.7 Å². The predicted octanol–water partition coefficient (Wildman–Crippen LogP) is 4.14. The van der Waals surface area contributed by atoms with Crippen molar-refractivity contribution < 1.29 is 4.74 Å². The van der Waals surface area contributed by atoms with Gasteiger partial charge in [0.2, 0.25) is 0 Å². The highest BCUT2D eigenvalue weighted by Crippen LogP contribution is 2.21. The first-order valence-corrected chi connectivity index (χ1v) is 7.98. The lowest BCUT2D eigenvalue weighted by Crippen LogP contribution is -2.25. The van der Waals surface area contributed by atoms with Crippen LogP contribution in [-0.2, 0) is 4.74 Å². The molecule has 114 valence electrons. The lowest BCUT2D eigenvalue weighted by Gasteiger charge is -2.19. The molecular formula is C18H31NO. The topological polar surface area (TPSA) is 21.3 Å². The van der Waals surface area contributed by atoms with E-state index in [9.17, 15) is 0 Å². The second-order valence-corrected chi connectivity index (χ2v) is 6.00. The van der Waals surface area contributed by atoms with Crippen molar-refractivity contribution in [1.29, 1.82) is 0 Å². The third-order valence-electron chi connectivity index (χ3n) is 3.54. The van der Waals surface area contributed by atoms with Crippen molar-refractivity contribution >= 4 is 0 Å². The van der Waals surface area contributed by atoms with Crippen LogP contribution in [0.3, 0.4) is 0 Å². The Morgan fingerprint density at radius 1 is 1.10 bits per heavy atom. The highest BCUT2D eigenvalue weighted by molar-refractivity contribution is 5.24. The van der Waals surface area contributed by atoms with Gasteiger partial charge < -0.3 is 10.1 Å². The zero-order valence-corrected chi connectivity index (χ0v) is 13.6. The van der Waals surface area contributed by atoms with E-state index in [2.05, 4.69) is 57.3 Å². The summed E-state index contributed by atoms with van der Waals surface area (Å²) in [4.78, 5) is 0. The molecule has 1 rings (SSSR count). The molecule has 0 heterocycles. The quantitative estimate of drug-likeness (QED) is 0.649. The molecule has 0 saturated heterocycles. The Labute approximate surface area is 124 Å². The van der Waals surface area contributed by atoms with Gasteiger partial charge in [0.1, 0.15) is 0 Å². The van der Waals surface area contributed by atoms with E-state index in [0.717, 1.165) is 32.7 Å². The maximum absolute atomic E-state index is 5.46. The normalized spacial score (nSPS) is 12.8. The summed E-state index contributed by atoms with van der Waals surface area (Å²) < 4.78 is 5.46.